The molecule has 3 rings (SSSR count). The smallest absolute Gasteiger partial charge is 0.339 e. The summed E-state index contributed by atoms with van der Waals surface area (Å²) in [5, 5.41) is 17.2. The second kappa shape index (κ2) is 4.92. The van der Waals surface area contributed by atoms with Crippen molar-refractivity contribution in [1.29, 1.82) is 0 Å². The molecule has 0 saturated carbocycles. The molecule has 5 nitrogen and oxygen atoms in total. The molecule has 20 heavy (non-hydrogen) atoms. The quantitative estimate of drug-likeness (QED) is 0.907. The summed E-state index contributed by atoms with van der Waals surface area (Å²) in [5.74, 6) is -0.557. The van der Waals surface area contributed by atoms with E-state index in [-0.39, 0.29) is 5.56 Å². The van der Waals surface area contributed by atoms with Crippen LogP contribution in [0.4, 0.5) is 11.5 Å². The third kappa shape index (κ3) is 2.11. The topological polar surface area (TPSA) is 66.3 Å². The number of carbonyl (C=O) groups is 1. The lowest BCUT2D eigenvalue weighted by molar-refractivity contribution is 0.0697. The second-order valence-electron chi connectivity index (χ2n) is 4.96. The third-order valence-electron chi connectivity index (χ3n) is 3.54. The zero-order valence-electron chi connectivity index (χ0n) is 11.2. The number of anilines is 2. The van der Waals surface area contributed by atoms with Crippen molar-refractivity contribution in [3.05, 3.63) is 47.2 Å². The zero-order valence-corrected chi connectivity index (χ0v) is 11.2. The van der Waals surface area contributed by atoms with Crippen LogP contribution in [-0.2, 0) is 6.42 Å². The highest BCUT2D eigenvalue weighted by atomic mass is 16.4. The number of aromatic nitrogens is 2. The molecule has 1 N–H and O–H groups in total. The van der Waals surface area contributed by atoms with Crippen LogP contribution in [0.25, 0.3) is 0 Å². The van der Waals surface area contributed by atoms with Crippen molar-refractivity contribution < 1.29 is 9.90 Å². The van der Waals surface area contributed by atoms with Crippen LogP contribution in [0.3, 0.4) is 0 Å². The Morgan fingerprint density at radius 3 is 3.00 bits per heavy atom. The Kier molecular flexibility index (Phi) is 3.10. The lowest BCUT2D eigenvalue weighted by Crippen LogP contribution is -2.27. The number of aryl methyl sites for hydroxylation is 2. The Morgan fingerprint density at radius 1 is 1.35 bits per heavy atom. The monoisotopic (exact) mass is 269 g/mol. The summed E-state index contributed by atoms with van der Waals surface area (Å²) in [7, 11) is 0. The summed E-state index contributed by atoms with van der Waals surface area (Å²) in [6.45, 7) is 2.82. The summed E-state index contributed by atoms with van der Waals surface area (Å²) in [4.78, 5) is 13.3. The fourth-order valence-electron chi connectivity index (χ4n) is 2.64. The molecule has 0 aliphatic carbocycles. The van der Waals surface area contributed by atoms with Crippen LogP contribution in [0.2, 0.25) is 0 Å². The Hall–Kier alpha value is -2.43. The number of rotatable bonds is 2. The Balaban J connectivity index is 2.12. The average Bonchev–Trinajstić information content (AvgIpc) is 2.46. The van der Waals surface area contributed by atoms with Crippen molar-refractivity contribution >= 4 is 17.5 Å². The number of aromatic carboxylic acids is 1. The van der Waals surface area contributed by atoms with E-state index in [9.17, 15) is 9.90 Å². The summed E-state index contributed by atoms with van der Waals surface area (Å²) >= 11 is 0. The first-order valence-electron chi connectivity index (χ1n) is 6.59. The highest BCUT2D eigenvalue weighted by Crippen LogP contribution is 2.34. The Bertz CT molecular complexity index is 670. The molecule has 1 aliphatic heterocycles. The molecular formula is C15H15N3O2. The van der Waals surface area contributed by atoms with Gasteiger partial charge in [0.15, 0.2) is 5.82 Å². The molecule has 0 atom stereocenters. The molecule has 0 saturated heterocycles. The number of benzene rings is 1. The molecule has 0 bridgehead atoms. The predicted octanol–water partition coefficient (Wildman–Crippen LogP) is 2.57. The van der Waals surface area contributed by atoms with E-state index in [0.29, 0.717) is 5.82 Å². The summed E-state index contributed by atoms with van der Waals surface area (Å²) in [5.41, 5.74) is 3.67. The number of carboxylic acids is 1. The molecular weight excluding hydrogens is 254 g/mol. The molecule has 0 radical (unpaired) electrons. The largest absolute Gasteiger partial charge is 0.478 e. The van der Waals surface area contributed by atoms with Gasteiger partial charge in [0, 0.05) is 12.2 Å². The average molecular weight is 269 g/mol. The van der Waals surface area contributed by atoms with Crippen molar-refractivity contribution in [1.82, 2.24) is 10.2 Å². The fourth-order valence-corrected chi connectivity index (χ4v) is 2.64. The summed E-state index contributed by atoms with van der Waals surface area (Å²) < 4.78 is 0. The predicted molar refractivity (Wildman–Crippen MR) is 75.5 cm³/mol. The van der Waals surface area contributed by atoms with Gasteiger partial charge in [0.1, 0.15) is 5.56 Å². The number of hydrogen-bond donors (Lipinski definition) is 1. The fraction of sp³-hybridized carbons (Fsp3) is 0.267. The number of hydrogen-bond acceptors (Lipinski definition) is 4. The molecule has 0 unspecified atom stereocenters. The van der Waals surface area contributed by atoms with E-state index in [4.69, 9.17) is 0 Å². The van der Waals surface area contributed by atoms with E-state index in [1.165, 1.54) is 23.4 Å². The van der Waals surface area contributed by atoms with Crippen molar-refractivity contribution in [3.8, 4) is 0 Å². The molecule has 102 valence electrons. The number of nitrogens with zero attached hydrogens (tertiary/aromatic N) is 3. The highest BCUT2D eigenvalue weighted by molar-refractivity contribution is 5.94. The molecule has 2 heterocycles. The van der Waals surface area contributed by atoms with Crippen LogP contribution in [-0.4, -0.2) is 27.8 Å². The minimum Gasteiger partial charge on any atom is -0.478 e. The van der Waals surface area contributed by atoms with Crippen molar-refractivity contribution in [2.45, 2.75) is 19.8 Å². The van der Waals surface area contributed by atoms with Gasteiger partial charge in [-0.15, -0.1) is 5.10 Å². The van der Waals surface area contributed by atoms with E-state index in [1.54, 1.807) is 0 Å². The van der Waals surface area contributed by atoms with Crippen molar-refractivity contribution in [2.75, 3.05) is 11.4 Å². The first-order chi connectivity index (χ1) is 9.66. The third-order valence-corrected chi connectivity index (χ3v) is 3.54. The second-order valence-corrected chi connectivity index (χ2v) is 4.96. The van der Waals surface area contributed by atoms with E-state index in [1.807, 2.05) is 17.0 Å². The van der Waals surface area contributed by atoms with E-state index >= 15 is 0 Å². The van der Waals surface area contributed by atoms with Gasteiger partial charge in [-0.1, -0.05) is 17.7 Å². The van der Waals surface area contributed by atoms with Crippen molar-refractivity contribution in [3.63, 3.8) is 0 Å². The summed E-state index contributed by atoms with van der Waals surface area (Å²) in [6.07, 6.45) is 3.40. The minimum atomic E-state index is -0.978. The van der Waals surface area contributed by atoms with Gasteiger partial charge in [0.25, 0.3) is 0 Å². The van der Waals surface area contributed by atoms with Crippen LogP contribution in [0.5, 0.6) is 0 Å². The van der Waals surface area contributed by atoms with Gasteiger partial charge in [-0.05, 0) is 37.5 Å². The zero-order chi connectivity index (χ0) is 14.1. The molecule has 2 aromatic rings. The SMILES string of the molecule is Cc1ccc2c(c1)CCCN2c1nnccc1C(=O)O. The van der Waals surface area contributed by atoms with Gasteiger partial charge in [0.2, 0.25) is 0 Å². The molecule has 1 aromatic carbocycles. The maximum atomic E-state index is 11.3. The van der Waals surface area contributed by atoms with Crippen LogP contribution in [0, 0.1) is 6.92 Å². The van der Waals surface area contributed by atoms with Gasteiger partial charge >= 0.3 is 5.97 Å². The molecule has 5 heteroatoms. The van der Waals surface area contributed by atoms with E-state index < -0.39 is 5.97 Å². The van der Waals surface area contributed by atoms with Gasteiger partial charge in [-0.2, -0.15) is 5.10 Å². The lowest BCUT2D eigenvalue weighted by Gasteiger charge is -2.31. The van der Waals surface area contributed by atoms with Crippen LogP contribution in [0.15, 0.2) is 30.5 Å². The van der Waals surface area contributed by atoms with Crippen LogP contribution >= 0.6 is 0 Å². The first kappa shape index (κ1) is 12.6. The lowest BCUT2D eigenvalue weighted by atomic mass is 9.99. The van der Waals surface area contributed by atoms with Gasteiger partial charge in [-0.25, -0.2) is 4.79 Å². The van der Waals surface area contributed by atoms with E-state index in [2.05, 4.69) is 23.2 Å². The summed E-state index contributed by atoms with van der Waals surface area (Å²) in [6, 6.07) is 7.71. The van der Waals surface area contributed by atoms with Gasteiger partial charge in [0.05, 0.1) is 6.20 Å². The van der Waals surface area contributed by atoms with Gasteiger partial charge in [-0.3, -0.25) is 0 Å². The molecule has 0 spiro atoms. The molecule has 1 aliphatic rings. The standard InChI is InChI=1S/C15H15N3O2/c1-10-4-5-13-11(9-10)3-2-8-18(13)14-12(15(19)20)6-7-16-17-14/h4-7,9H,2-3,8H2,1H3,(H,19,20). The molecule has 0 amide bonds. The van der Waals surface area contributed by atoms with E-state index in [0.717, 1.165) is 25.1 Å². The van der Waals surface area contributed by atoms with Crippen molar-refractivity contribution in [2.24, 2.45) is 0 Å². The van der Waals surface area contributed by atoms with Crippen LogP contribution in [0.1, 0.15) is 27.9 Å². The molecule has 0 fully saturated rings. The number of fused-ring (bicyclic) bond motifs is 1. The molecule has 1 aromatic heterocycles. The maximum absolute atomic E-state index is 11.3. The highest BCUT2D eigenvalue weighted by Gasteiger charge is 2.24. The number of carboxylic acid groups (broad SMARTS) is 1. The van der Waals surface area contributed by atoms with Crippen LogP contribution < -0.4 is 4.90 Å². The maximum Gasteiger partial charge on any atom is 0.339 e. The minimum absolute atomic E-state index is 0.188. The normalized spacial score (nSPS) is 13.9. The van der Waals surface area contributed by atoms with Gasteiger partial charge < -0.3 is 10.0 Å². The Labute approximate surface area is 116 Å². The Morgan fingerprint density at radius 2 is 2.20 bits per heavy atom. The first-order valence-corrected chi connectivity index (χ1v) is 6.59.